The lowest BCUT2D eigenvalue weighted by atomic mass is 10.2. The van der Waals surface area contributed by atoms with E-state index in [-0.39, 0.29) is 11.7 Å². The number of carbonyl (C=O) groups excluding carboxylic acids is 1. The topological polar surface area (TPSA) is 56.7 Å². The number of hydrogen-bond donors (Lipinski definition) is 2. The van der Waals surface area contributed by atoms with Crippen LogP contribution in [0.4, 0.5) is 4.39 Å². The molecule has 6 heteroatoms. The van der Waals surface area contributed by atoms with Crippen LogP contribution in [0.5, 0.6) is 0 Å². The maximum Gasteiger partial charge on any atom is 0.220 e. The van der Waals surface area contributed by atoms with Crippen molar-refractivity contribution in [2.24, 2.45) is 4.99 Å². The van der Waals surface area contributed by atoms with E-state index in [0.717, 1.165) is 30.8 Å². The van der Waals surface area contributed by atoms with Crippen molar-refractivity contribution in [3.8, 4) is 0 Å². The zero-order valence-corrected chi connectivity index (χ0v) is 13.8. The molecular weight excluding hydrogens is 295 g/mol. The Bertz CT molecular complexity index is 540. The molecule has 0 spiro atoms. The van der Waals surface area contributed by atoms with Gasteiger partial charge in [-0.05, 0) is 37.0 Å². The van der Waals surface area contributed by atoms with Crippen LogP contribution in [0.1, 0.15) is 31.2 Å². The highest BCUT2D eigenvalue weighted by Crippen LogP contribution is 2.18. The molecule has 0 bridgehead atoms. The number of rotatable bonds is 7. The van der Waals surface area contributed by atoms with Gasteiger partial charge in [-0.3, -0.25) is 9.79 Å². The van der Waals surface area contributed by atoms with E-state index in [2.05, 4.69) is 15.6 Å². The predicted molar refractivity (Wildman–Crippen MR) is 89.6 cm³/mol. The van der Waals surface area contributed by atoms with E-state index in [0.29, 0.717) is 25.6 Å². The number of amides is 1. The molecule has 0 heterocycles. The summed E-state index contributed by atoms with van der Waals surface area (Å²) < 4.78 is 12.9. The van der Waals surface area contributed by atoms with Crippen molar-refractivity contribution in [2.75, 3.05) is 20.6 Å². The molecule has 2 rings (SSSR count). The van der Waals surface area contributed by atoms with E-state index in [1.807, 2.05) is 11.9 Å². The van der Waals surface area contributed by atoms with Gasteiger partial charge in [-0.2, -0.15) is 0 Å². The highest BCUT2D eigenvalue weighted by molar-refractivity contribution is 5.80. The minimum Gasteiger partial charge on any atom is -0.356 e. The summed E-state index contributed by atoms with van der Waals surface area (Å²) in [6.07, 6.45) is 3.53. The lowest BCUT2D eigenvalue weighted by Gasteiger charge is -2.22. The Labute approximate surface area is 137 Å². The van der Waals surface area contributed by atoms with Crippen molar-refractivity contribution < 1.29 is 9.18 Å². The van der Waals surface area contributed by atoms with Gasteiger partial charge in [0.2, 0.25) is 5.91 Å². The van der Waals surface area contributed by atoms with Gasteiger partial charge in [0, 0.05) is 39.6 Å². The van der Waals surface area contributed by atoms with Crippen molar-refractivity contribution in [3.63, 3.8) is 0 Å². The van der Waals surface area contributed by atoms with E-state index in [4.69, 9.17) is 0 Å². The Hall–Kier alpha value is -2.11. The van der Waals surface area contributed by atoms with Gasteiger partial charge in [-0.1, -0.05) is 12.1 Å². The first-order valence-corrected chi connectivity index (χ1v) is 8.04. The number of aliphatic imine (C=N–C) groups is 1. The SMILES string of the molecule is CN=C(NCCCC(=O)NC1CC1)N(C)Cc1ccc(F)cc1. The van der Waals surface area contributed by atoms with Crippen molar-refractivity contribution >= 4 is 11.9 Å². The number of benzene rings is 1. The van der Waals surface area contributed by atoms with Crippen LogP contribution in [-0.4, -0.2) is 43.4 Å². The standard InChI is InChI=1S/C17H25FN4O/c1-19-17(20-11-3-4-16(23)21-15-9-10-15)22(2)12-13-5-7-14(18)8-6-13/h5-8,15H,3-4,9-12H2,1-2H3,(H,19,20)(H,21,23). The molecule has 23 heavy (non-hydrogen) atoms. The van der Waals surface area contributed by atoms with E-state index in [9.17, 15) is 9.18 Å². The number of nitrogens with zero attached hydrogens (tertiary/aromatic N) is 2. The normalized spacial score (nSPS) is 14.5. The van der Waals surface area contributed by atoms with Gasteiger partial charge in [0.15, 0.2) is 5.96 Å². The molecular formula is C17H25FN4O. The second-order valence-corrected chi connectivity index (χ2v) is 5.90. The number of carbonyl (C=O) groups is 1. The highest BCUT2D eigenvalue weighted by atomic mass is 19.1. The van der Waals surface area contributed by atoms with Crippen LogP contribution < -0.4 is 10.6 Å². The van der Waals surface area contributed by atoms with Crippen molar-refractivity contribution in [2.45, 2.75) is 38.3 Å². The molecule has 126 valence electrons. The van der Waals surface area contributed by atoms with Gasteiger partial charge >= 0.3 is 0 Å². The Kier molecular flexibility index (Phi) is 6.38. The summed E-state index contributed by atoms with van der Waals surface area (Å²) in [6, 6.07) is 6.86. The van der Waals surface area contributed by atoms with E-state index >= 15 is 0 Å². The molecule has 0 radical (unpaired) electrons. The number of hydrogen-bond acceptors (Lipinski definition) is 2. The largest absolute Gasteiger partial charge is 0.356 e. The molecule has 1 saturated carbocycles. The molecule has 1 aliphatic rings. The molecule has 2 N–H and O–H groups in total. The number of halogens is 1. The Morgan fingerprint density at radius 2 is 2.04 bits per heavy atom. The minimum absolute atomic E-state index is 0.129. The van der Waals surface area contributed by atoms with Crippen LogP contribution in [0, 0.1) is 5.82 Å². The van der Waals surface area contributed by atoms with Gasteiger partial charge in [-0.15, -0.1) is 0 Å². The fourth-order valence-corrected chi connectivity index (χ4v) is 2.30. The van der Waals surface area contributed by atoms with Gasteiger partial charge in [0.1, 0.15) is 5.82 Å². The minimum atomic E-state index is -0.233. The Balaban J connectivity index is 1.68. The molecule has 0 aliphatic heterocycles. The third-order valence-corrected chi connectivity index (χ3v) is 3.71. The number of guanidine groups is 1. The van der Waals surface area contributed by atoms with Crippen LogP contribution in [-0.2, 0) is 11.3 Å². The van der Waals surface area contributed by atoms with E-state index < -0.39 is 0 Å². The summed E-state index contributed by atoms with van der Waals surface area (Å²) >= 11 is 0. The molecule has 1 aliphatic carbocycles. The second-order valence-electron chi connectivity index (χ2n) is 5.90. The maximum atomic E-state index is 12.9. The van der Waals surface area contributed by atoms with E-state index in [1.54, 1.807) is 19.2 Å². The Morgan fingerprint density at radius 1 is 1.35 bits per heavy atom. The number of nitrogens with one attached hydrogen (secondary N) is 2. The van der Waals surface area contributed by atoms with Crippen LogP contribution in [0.15, 0.2) is 29.3 Å². The summed E-state index contributed by atoms with van der Waals surface area (Å²) in [6.45, 7) is 1.33. The zero-order chi connectivity index (χ0) is 16.7. The monoisotopic (exact) mass is 320 g/mol. The third kappa shape index (κ3) is 6.26. The summed E-state index contributed by atoms with van der Waals surface area (Å²) in [5.74, 6) is 0.657. The van der Waals surface area contributed by atoms with Crippen LogP contribution in [0.3, 0.4) is 0 Å². The fraction of sp³-hybridized carbons (Fsp3) is 0.529. The smallest absolute Gasteiger partial charge is 0.220 e. The molecule has 5 nitrogen and oxygen atoms in total. The van der Waals surface area contributed by atoms with E-state index in [1.165, 1.54) is 12.1 Å². The summed E-state index contributed by atoms with van der Waals surface area (Å²) in [4.78, 5) is 17.8. The van der Waals surface area contributed by atoms with Crippen molar-refractivity contribution in [1.29, 1.82) is 0 Å². The Morgan fingerprint density at radius 3 is 2.65 bits per heavy atom. The molecule has 1 aromatic rings. The summed E-state index contributed by atoms with van der Waals surface area (Å²) in [7, 11) is 3.65. The molecule has 0 atom stereocenters. The average Bonchev–Trinajstić information content (AvgIpc) is 3.33. The van der Waals surface area contributed by atoms with Gasteiger partial charge < -0.3 is 15.5 Å². The van der Waals surface area contributed by atoms with Crippen LogP contribution in [0.2, 0.25) is 0 Å². The average molecular weight is 320 g/mol. The fourth-order valence-electron chi connectivity index (χ4n) is 2.30. The summed E-state index contributed by atoms with van der Waals surface area (Å²) in [5, 5.41) is 6.22. The molecule has 1 fully saturated rings. The first-order valence-electron chi connectivity index (χ1n) is 8.04. The van der Waals surface area contributed by atoms with Crippen LogP contribution in [0.25, 0.3) is 0 Å². The predicted octanol–water partition coefficient (Wildman–Crippen LogP) is 1.89. The molecule has 0 unspecified atom stereocenters. The van der Waals surface area contributed by atoms with Gasteiger partial charge in [0.05, 0.1) is 0 Å². The molecule has 1 aromatic carbocycles. The lowest BCUT2D eigenvalue weighted by molar-refractivity contribution is -0.121. The quantitative estimate of drug-likeness (QED) is 0.458. The molecule has 0 saturated heterocycles. The second kappa shape index (κ2) is 8.50. The highest BCUT2D eigenvalue weighted by Gasteiger charge is 2.22. The first-order chi connectivity index (χ1) is 11.1. The van der Waals surface area contributed by atoms with Gasteiger partial charge in [0.25, 0.3) is 0 Å². The third-order valence-electron chi connectivity index (χ3n) is 3.71. The van der Waals surface area contributed by atoms with Crippen molar-refractivity contribution in [3.05, 3.63) is 35.6 Å². The summed E-state index contributed by atoms with van der Waals surface area (Å²) in [5.41, 5.74) is 1.01. The maximum absolute atomic E-state index is 12.9. The molecule has 0 aromatic heterocycles. The van der Waals surface area contributed by atoms with Crippen molar-refractivity contribution in [1.82, 2.24) is 15.5 Å². The zero-order valence-electron chi connectivity index (χ0n) is 13.8. The lowest BCUT2D eigenvalue weighted by Crippen LogP contribution is -2.39. The van der Waals surface area contributed by atoms with Crippen LogP contribution >= 0.6 is 0 Å². The first kappa shape index (κ1) is 17.2. The molecule has 1 amide bonds. The van der Waals surface area contributed by atoms with Gasteiger partial charge in [-0.25, -0.2) is 4.39 Å².